The zero-order chi connectivity index (χ0) is 21.8. The van der Waals surface area contributed by atoms with E-state index in [0.717, 1.165) is 19.2 Å². The van der Waals surface area contributed by atoms with Gasteiger partial charge in [-0.1, -0.05) is 0 Å². The molecular weight excluding hydrogens is 395 g/mol. The minimum absolute atomic E-state index is 0.00347. The highest BCUT2D eigenvalue weighted by molar-refractivity contribution is 5.86. The lowest BCUT2D eigenvalue weighted by molar-refractivity contribution is -0.388. The summed E-state index contributed by atoms with van der Waals surface area (Å²) < 4.78 is 38.8. The van der Waals surface area contributed by atoms with Crippen LogP contribution in [0.25, 0.3) is 0 Å². The molecule has 1 aromatic rings. The third kappa shape index (κ3) is 5.56. The van der Waals surface area contributed by atoms with Gasteiger partial charge in [-0.25, -0.2) is 0 Å². The number of carbonyl (C=O) groups is 2. The number of rotatable bonds is 2. The highest BCUT2D eigenvalue weighted by atomic mass is 19.4. The van der Waals surface area contributed by atoms with Gasteiger partial charge in [-0.2, -0.15) is 13.2 Å². The number of nitrogens with zero attached hydrogens (tertiary/aromatic N) is 2. The summed E-state index contributed by atoms with van der Waals surface area (Å²) in [5.41, 5.74) is -2.18. The van der Waals surface area contributed by atoms with Crippen LogP contribution in [0.15, 0.2) is 18.2 Å². The fourth-order valence-electron chi connectivity index (χ4n) is 2.94. The summed E-state index contributed by atoms with van der Waals surface area (Å²) in [6, 6.07) is 2.12. The molecule has 0 aromatic heterocycles. The summed E-state index contributed by atoms with van der Waals surface area (Å²) in [6.45, 7) is 5.72. The Morgan fingerprint density at radius 1 is 1.10 bits per heavy atom. The van der Waals surface area contributed by atoms with Crippen LogP contribution in [0.3, 0.4) is 0 Å². The Balaban J connectivity index is 0.000000313. The minimum atomic E-state index is -4.83. The normalized spacial score (nSPS) is 22.2. The van der Waals surface area contributed by atoms with E-state index in [9.17, 15) is 32.9 Å². The van der Waals surface area contributed by atoms with Gasteiger partial charge in [-0.15, -0.1) is 0 Å². The first-order valence-electron chi connectivity index (χ1n) is 8.93. The van der Waals surface area contributed by atoms with E-state index in [-0.39, 0.29) is 23.5 Å². The zero-order valence-electron chi connectivity index (χ0n) is 15.9. The number of benzene rings is 1. The summed E-state index contributed by atoms with van der Waals surface area (Å²) in [5, 5.41) is 19.0. The lowest BCUT2D eigenvalue weighted by Crippen LogP contribution is -2.54. The van der Waals surface area contributed by atoms with Crippen molar-refractivity contribution in [3.05, 3.63) is 33.9 Å². The molecule has 2 amide bonds. The van der Waals surface area contributed by atoms with Crippen molar-refractivity contribution in [1.29, 1.82) is 0 Å². The number of nitro groups is 1. The molecule has 2 heterocycles. The number of amides is 2. The minimum Gasteiger partial charge on any atom is -0.358 e. The molecule has 0 bridgehead atoms. The van der Waals surface area contributed by atoms with Crippen molar-refractivity contribution in [2.24, 2.45) is 0 Å². The molecule has 9 nitrogen and oxygen atoms in total. The number of piperazine rings is 2. The monoisotopic (exact) mass is 417 g/mol. The zero-order valence-corrected chi connectivity index (χ0v) is 15.9. The Bertz CT molecular complexity index is 787. The van der Waals surface area contributed by atoms with Gasteiger partial charge >= 0.3 is 6.18 Å². The van der Waals surface area contributed by atoms with Crippen molar-refractivity contribution < 1.29 is 27.7 Å². The number of nitrogens with one attached hydrogen (secondary N) is 3. The summed E-state index contributed by atoms with van der Waals surface area (Å²) >= 11 is 0. The lowest BCUT2D eigenvalue weighted by atomic mass is 10.1. The molecule has 12 heteroatoms. The van der Waals surface area contributed by atoms with Gasteiger partial charge in [-0.3, -0.25) is 19.7 Å². The average Bonchev–Trinajstić information content (AvgIpc) is 2.66. The van der Waals surface area contributed by atoms with Crippen molar-refractivity contribution >= 4 is 23.2 Å². The first kappa shape index (κ1) is 22.4. The Hall–Kier alpha value is -2.89. The maximum absolute atomic E-state index is 12.9. The van der Waals surface area contributed by atoms with Gasteiger partial charge in [0.1, 0.15) is 11.6 Å². The van der Waals surface area contributed by atoms with Crippen molar-refractivity contribution in [2.75, 3.05) is 31.1 Å². The van der Waals surface area contributed by atoms with E-state index in [1.807, 2.05) is 6.92 Å². The topological polar surface area (TPSA) is 117 Å². The second kappa shape index (κ2) is 9.07. The van der Waals surface area contributed by atoms with Gasteiger partial charge in [0.25, 0.3) is 5.69 Å². The molecule has 0 saturated carbocycles. The Morgan fingerprint density at radius 3 is 2.28 bits per heavy atom. The molecule has 0 aliphatic carbocycles. The Kier molecular flexibility index (Phi) is 7.01. The fourth-order valence-corrected chi connectivity index (χ4v) is 2.94. The van der Waals surface area contributed by atoms with Crippen LogP contribution in [-0.2, 0) is 15.8 Å². The van der Waals surface area contributed by atoms with Gasteiger partial charge in [0, 0.05) is 37.9 Å². The van der Waals surface area contributed by atoms with Crippen molar-refractivity contribution in [3.8, 4) is 0 Å². The SMILES string of the molecule is CC1C(=O)NCCN1c1ccc([N+](=O)[O-])c(C(F)(F)F)c1.CC1NCCNC1=O. The van der Waals surface area contributed by atoms with Gasteiger partial charge < -0.3 is 20.9 Å². The molecule has 2 fully saturated rings. The molecule has 2 aliphatic rings. The molecule has 0 radical (unpaired) electrons. The molecule has 2 saturated heterocycles. The van der Waals surface area contributed by atoms with Crippen LogP contribution in [0.4, 0.5) is 24.5 Å². The van der Waals surface area contributed by atoms with Gasteiger partial charge in [0.15, 0.2) is 0 Å². The Labute approximate surface area is 164 Å². The molecule has 1 aromatic carbocycles. The molecule has 160 valence electrons. The van der Waals surface area contributed by atoms with Gasteiger partial charge in [0.05, 0.1) is 11.0 Å². The highest BCUT2D eigenvalue weighted by Gasteiger charge is 2.39. The van der Waals surface area contributed by atoms with E-state index in [0.29, 0.717) is 19.2 Å². The molecule has 2 aliphatic heterocycles. The molecule has 3 rings (SSSR count). The van der Waals surface area contributed by atoms with Crippen molar-refractivity contribution in [2.45, 2.75) is 32.1 Å². The lowest BCUT2D eigenvalue weighted by Gasteiger charge is -2.34. The van der Waals surface area contributed by atoms with Gasteiger partial charge in [0.2, 0.25) is 11.8 Å². The van der Waals surface area contributed by atoms with Crippen molar-refractivity contribution in [3.63, 3.8) is 0 Å². The second-order valence-corrected chi connectivity index (χ2v) is 6.58. The van der Waals surface area contributed by atoms with Gasteiger partial charge in [-0.05, 0) is 26.0 Å². The molecule has 29 heavy (non-hydrogen) atoms. The quantitative estimate of drug-likeness (QED) is 0.489. The first-order chi connectivity index (χ1) is 13.5. The standard InChI is InChI=1S/C12H12F3N3O3.C5H10N2O/c1-7-11(19)16-4-5-17(7)8-2-3-10(18(20)21)9(6-8)12(13,14)15;1-4-5(8)7-3-2-6-4/h2-3,6-7H,4-5H2,1H3,(H,16,19);4,6H,2-3H2,1H3,(H,7,8). The molecule has 2 atom stereocenters. The van der Waals surface area contributed by atoms with Crippen LogP contribution in [-0.4, -0.2) is 55.0 Å². The number of hydrogen-bond donors (Lipinski definition) is 3. The summed E-state index contributed by atoms with van der Waals surface area (Å²) in [6.07, 6.45) is -4.83. The maximum atomic E-state index is 12.9. The number of anilines is 1. The molecular formula is C17H22F3N5O4. The average molecular weight is 417 g/mol. The number of halogens is 3. The van der Waals surface area contributed by atoms with E-state index in [4.69, 9.17) is 0 Å². The van der Waals surface area contributed by atoms with E-state index < -0.39 is 28.4 Å². The van der Waals surface area contributed by atoms with E-state index in [1.165, 1.54) is 11.0 Å². The van der Waals surface area contributed by atoms with Crippen LogP contribution < -0.4 is 20.9 Å². The van der Waals surface area contributed by atoms with Crippen LogP contribution >= 0.6 is 0 Å². The highest BCUT2D eigenvalue weighted by Crippen LogP contribution is 2.38. The van der Waals surface area contributed by atoms with Crippen molar-refractivity contribution in [1.82, 2.24) is 16.0 Å². The van der Waals surface area contributed by atoms with Crippen LogP contribution in [0.2, 0.25) is 0 Å². The maximum Gasteiger partial charge on any atom is 0.423 e. The molecule has 3 N–H and O–H groups in total. The smallest absolute Gasteiger partial charge is 0.358 e. The first-order valence-corrected chi connectivity index (χ1v) is 8.93. The van der Waals surface area contributed by atoms with Crippen LogP contribution in [0.1, 0.15) is 19.4 Å². The van der Waals surface area contributed by atoms with Crippen LogP contribution in [0, 0.1) is 10.1 Å². The second-order valence-electron chi connectivity index (χ2n) is 6.58. The number of carbonyl (C=O) groups excluding carboxylic acids is 2. The van der Waals surface area contributed by atoms with E-state index >= 15 is 0 Å². The Morgan fingerprint density at radius 2 is 1.76 bits per heavy atom. The molecule has 2 unspecified atom stereocenters. The summed E-state index contributed by atoms with van der Waals surface area (Å²) in [5.74, 6) is -0.190. The number of alkyl halides is 3. The number of hydrogen-bond acceptors (Lipinski definition) is 6. The third-order valence-corrected chi connectivity index (χ3v) is 4.58. The summed E-state index contributed by atoms with van der Waals surface area (Å²) in [7, 11) is 0. The van der Waals surface area contributed by atoms with E-state index in [1.54, 1.807) is 6.92 Å². The summed E-state index contributed by atoms with van der Waals surface area (Å²) in [4.78, 5) is 33.3. The van der Waals surface area contributed by atoms with Crippen LogP contribution in [0.5, 0.6) is 0 Å². The fraction of sp³-hybridized carbons (Fsp3) is 0.529. The predicted octanol–water partition coefficient (Wildman–Crippen LogP) is 1.03. The number of nitro benzene ring substituents is 1. The third-order valence-electron chi connectivity index (χ3n) is 4.58. The molecule has 0 spiro atoms. The predicted molar refractivity (Wildman–Crippen MR) is 98.4 cm³/mol. The largest absolute Gasteiger partial charge is 0.423 e. The van der Waals surface area contributed by atoms with E-state index in [2.05, 4.69) is 16.0 Å².